The van der Waals surface area contributed by atoms with Gasteiger partial charge in [-0.05, 0) is 35.9 Å². The molecule has 0 aromatic heterocycles. The van der Waals surface area contributed by atoms with Crippen LogP contribution in [0.2, 0.25) is 0 Å². The Morgan fingerprint density at radius 1 is 0.897 bits per heavy atom. The lowest BCUT2D eigenvalue weighted by Crippen LogP contribution is -2.52. The average molecular weight is 398 g/mol. The Kier molecular flexibility index (Phi) is 6.77. The van der Waals surface area contributed by atoms with E-state index in [2.05, 4.69) is 0 Å². The Morgan fingerprint density at radius 2 is 1.45 bits per heavy atom. The van der Waals surface area contributed by atoms with Gasteiger partial charge in [-0.2, -0.15) is 0 Å². The molecule has 2 aromatic rings. The van der Waals surface area contributed by atoms with Gasteiger partial charge in [0.25, 0.3) is 0 Å². The first-order valence-electron chi connectivity index (χ1n) is 9.09. The smallest absolute Gasteiger partial charge is 0.338 e. The van der Waals surface area contributed by atoms with Gasteiger partial charge in [0.15, 0.2) is 6.10 Å². The highest BCUT2D eigenvalue weighted by Crippen LogP contribution is 2.26. The normalized spacial score (nSPS) is 23.8. The number of ether oxygens (including phenoxy) is 3. The summed E-state index contributed by atoms with van der Waals surface area (Å²) in [6.45, 7) is -0.235. The van der Waals surface area contributed by atoms with Gasteiger partial charge in [-0.1, -0.05) is 36.4 Å². The third kappa shape index (κ3) is 4.89. The summed E-state index contributed by atoms with van der Waals surface area (Å²) in [5.74, 6) is -1.25. The SMILES string of the molecule is CO[C@@H]1C=C(COC(=O)c2ccccc2)[C@@H](O)[C@@H](OC(=O)c2ccccc2)[C@@H]1O. The Hall–Kier alpha value is -3.00. The molecule has 29 heavy (non-hydrogen) atoms. The van der Waals surface area contributed by atoms with Gasteiger partial charge in [0.05, 0.1) is 11.1 Å². The average Bonchev–Trinajstić information content (AvgIpc) is 2.77. The van der Waals surface area contributed by atoms with Crippen LogP contribution in [-0.4, -0.2) is 60.3 Å². The summed E-state index contributed by atoms with van der Waals surface area (Å²) in [5, 5.41) is 21.1. The van der Waals surface area contributed by atoms with Crippen LogP contribution in [0.3, 0.4) is 0 Å². The lowest BCUT2D eigenvalue weighted by molar-refractivity contribution is -0.111. The van der Waals surface area contributed by atoms with Gasteiger partial charge in [0.2, 0.25) is 0 Å². The monoisotopic (exact) mass is 398 g/mol. The largest absolute Gasteiger partial charge is 0.457 e. The van der Waals surface area contributed by atoms with Crippen molar-refractivity contribution in [1.29, 1.82) is 0 Å². The van der Waals surface area contributed by atoms with Crippen molar-refractivity contribution in [1.82, 2.24) is 0 Å². The molecular weight excluding hydrogens is 376 g/mol. The molecule has 3 rings (SSSR count). The number of carbonyl (C=O) groups is 2. The van der Waals surface area contributed by atoms with E-state index in [4.69, 9.17) is 14.2 Å². The number of hydrogen-bond donors (Lipinski definition) is 2. The third-order valence-electron chi connectivity index (χ3n) is 4.65. The van der Waals surface area contributed by atoms with Crippen LogP contribution in [0.25, 0.3) is 0 Å². The quantitative estimate of drug-likeness (QED) is 0.564. The van der Waals surface area contributed by atoms with Crippen molar-refractivity contribution in [3.63, 3.8) is 0 Å². The van der Waals surface area contributed by atoms with Gasteiger partial charge in [0, 0.05) is 7.11 Å². The summed E-state index contributed by atoms with van der Waals surface area (Å²) in [7, 11) is 1.38. The zero-order chi connectivity index (χ0) is 20.8. The lowest BCUT2D eigenvalue weighted by Gasteiger charge is -2.36. The molecule has 0 radical (unpaired) electrons. The molecule has 0 spiro atoms. The maximum Gasteiger partial charge on any atom is 0.338 e. The molecule has 1 aliphatic carbocycles. The van der Waals surface area contributed by atoms with E-state index in [1.54, 1.807) is 60.7 Å². The predicted molar refractivity (Wildman–Crippen MR) is 103 cm³/mol. The number of hydrogen-bond acceptors (Lipinski definition) is 7. The van der Waals surface area contributed by atoms with Gasteiger partial charge >= 0.3 is 11.9 Å². The van der Waals surface area contributed by atoms with Gasteiger partial charge in [-0.3, -0.25) is 0 Å². The first-order valence-corrected chi connectivity index (χ1v) is 9.09. The van der Waals surface area contributed by atoms with Crippen LogP contribution in [0, 0.1) is 0 Å². The molecule has 2 aromatic carbocycles. The van der Waals surface area contributed by atoms with Crippen molar-refractivity contribution in [2.24, 2.45) is 0 Å². The summed E-state index contributed by atoms with van der Waals surface area (Å²) >= 11 is 0. The molecule has 0 bridgehead atoms. The van der Waals surface area contributed by atoms with Gasteiger partial charge in [-0.25, -0.2) is 9.59 Å². The Labute approximate surface area is 168 Å². The molecule has 0 fully saturated rings. The van der Waals surface area contributed by atoms with Crippen molar-refractivity contribution in [2.45, 2.75) is 24.4 Å². The molecule has 0 saturated carbocycles. The number of aliphatic hydroxyl groups is 2. The predicted octanol–water partition coefficient (Wildman–Crippen LogP) is 1.75. The van der Waals surface area contributed by atoms with E-state index in [-0.39, 0.29) is 17.7 Å². The second-order valence-corrected chi connectivity index (χ2v) is 6.56. The van der Waals surface area contributed by atoms with E-state index < -0.39 is 36.4 Å². The van der Waals surface area contributed by atoms with Crippen molar-refractivity contribution in [3.05, 3.63) is 83.4 Å². The number of esters is 2. The highest BCUT2D eigenvalue weighted by Gasteiger charge is 2.41. The lowest BCUT2D eigenvalue weighted by atomic mass is 9.89. The Morgan fingerprint density at radius 3 is 2.00 bits per heavy atom. The highest BCUT2D eigenvalue weighted by molar-refractivity contribution is 5.90. The van der Waals surface area contributed by atoms with Crippen LogP contribution in [0.15, 0.2) is 72.3 Å². The first-order chi connectivity index (χ1) is 14.0. The second kappa shape index (κ2) is 9.47. The Bertz CT molecular complexity index is 863. The van der Waals surface area contributed by atoms with Crippen LogP contribution in [0.5, 0.6) is 0 Å². The number of rotatable bonds is 6. The maximum atomic E-state index is 12.4. The van der Waals surface area contributed by atoms with E-state index in [0.29, 0.717) is 5.56 Å². The van der Waals surface area contributed by atoms with Crippen molar-refractivity contribution < 1.29 is 34.0 Å². The van der Waals surface area contributed by atoms with E-state index in [0.717, 1.165) is 0 Å². The molecule has 0 aliphatic heterocycles. The van der Waals surface area contributed by atoms with Crippen molar-refractivity contribution in [2.75, 3.05) is 13.7 Å². The standard InChI is InChI=1S/C22H22O7/c1-27-17-12-16(13-28-21(25)14-8-4-2-5-9-14)18(23)20(19(17)24)29-22(26)15-10-6-3-7-11-15/h2-12,17-20,23-24H,13H2,1H3/t17-,18-,19-,20-/m1/s1. The number of benzene rings is 2. The molecule has 0 heterocycles. The highest BCUT2D eigenvalue weighted by atomic mass is 16.6. The molecule has 4 atom stereocenters. The summed E-state index contributed by atoms with van der Waals surface area (Å²) in [6.07, 6.45) is -3.27. The van der Waals surface area contributed by atoms with E-state index in [1.165, 1.54) is 13.2 Å². The maximum absolute atomic E-state index is 12.4. The third-order valence-corrected chi connectivity index (χ3v) is 4.65. The van der Waals surface area contributed by atoms with Gasteiger partial charge < -0.3 is 24.4 Å². The second-order valence-electron chi connectivity index (χ2n) is 6.56. The fourth-order valence-electron chi connectivity index (χ4n) is 3.04. The topological polar surface area (TPSA) is 102 Å². The van der Waals surface area contributed by atoms with E-state index >= 15 is 0 Å². The molecule has 7 nitrogen and oxygen atoms in total. The van der Waals surface area contributed by atoms with E-state index in [9.17, 15) is 19.8 Å². The van der Waals surface area contributed by atoms with Crippen LogP contribution in [0.1, 0.15) is 20.7 Å². The van der Waals surface area contributed by atoms with Crippen molar-refractivity contribution in [3.8, 4) is 0 Å². The number of methoxy groups -OCH3 is 1. The summed E-state index contributed by atoms with van der Waals surface area (Å²) in [6, 6.07) is 16.7. The molecule has 7 heteroatoms. The fourth-order valence-corrected chi connectivity index (χ4v) is 3.04. The molecule has 0 unspecified atom stereocenters. The minimum Gasteiger partial charge on any atom is -0.457 e. The zero-order valence-corrected chi connectivity index (χ0v) is 15.8. The van der Waals surface area contributed by atoms with E-state index in [1.807, 2.05) is 0 Å². The fraction of sp³-hybridized carbons (Fsp3) is 0.273. The van der Waals surface area contributed by atoms with Crippen molar-refractivity contribution >= 4 is 11.9 Å². The van der Waals surface area contributed by atoms with Crippen LogP contribution >= 0.6 is 0 Å². The van der Waals surface area contributed by atoms with Gasteiger partial charge in [-0.15, -0.1) is 0 Å². The minimum absolute atomic E-state index is 0.235. The Balaban J connectivity index is 1.72. The molecule has 0 saturated heterocycles. The molecule has 2 N–H and O–H groups in total. The molecule has 152 valence electrons. The summed E-state index contributed by atoms with van der Waals surface area (Å²) in [4.78, 5) is 24.5. The summed E-state index contributed by atoms with van der Waals surface area (Å²) < 4.78 is 15.8. The minimum atomic E-state index is -1.35. The molecule has 0 amide bonds. The van der Waals surface area contributed by atoms with Crippen LogP contribution < -0.4 is 0 Å². The zero-order valence-electron chi connectivity index (χ0n) is 15.8. The molecular formula is C22H22O7. The van der Waals surface area contributed by atoms with Crippen LogP contribution in [-0.2, 0) is 14.2 Å². The number of carbonyl (C=O) groups excluding carboxylic acids is 2. The first kappa shape index (κ1) is 20.7. The molecule has 1 aliphatic rings. The summed E-state index contributed by atoms with van der Waals surface area (Å²) in [5.41, 5.74) is 0.929. The van der Waals surface area contributed by atoms with Crippen LogP contribution in [0.4, 0.5) is 0 Å². The number of aliphatic hydroxyl groups excluding tert-OH is 2. The van der Waals surface area contributed by atoms with Gasteiger partial charge in [0.1, 0.15) is 24.9 Å².